The maximum absolute atomic E-state index is 11.9. The number of carboxylic acid groups (broad SMARTS) is 1. The Labute approximate surface area is 110 Å². The zero-order chi connectivity index (χ0) is 14.0. The monoisotopic (exact) mass is 260 g/mol. The number of aromatic nitrogens is 1. The van der Waals surface area contributed by atoms with Gasteiger partial charge in [-0.25, -0.2) is 4.79 Å². The van der Waals surface area contributed by atoms with Crippen LogP contribution in [0, 0.1) is 0 Å². The third kappa shape index (κ3) is 2.45. The van der Waals surface area contributed by atoms with Gasteiger partial charge in [-0.3, -0.25) is 4.79 Å². The van der Waals surface area contributed by atoms with Crippen LogP contribution in [0.25, 0.3) is 10.8 Å². The number of carbonyl (C=O) groups is 1. The van der Waals surface area contributed by atoms with E-state index in [0.29, 0.717) is 17.6 Å². The highest BCUT2D eigenvalue weighted by Crippen LogP contribution is 2.19. The number of pyridine rings is 1. The van der Waals surface area contributed by atoms with Gasteiger partial charge in [0.25, 0.3) is 5.56 Å². The van der Waals surface area contributed by atoms with Gasteiger partial charge < -0.3 is 15.4 Å². The van der Waals surface area contributed by atoms with Crippen molar-refractivity contribution in [3.63, 3.8) is 0 Å². The van der Waals surface area contributed by atoms with Crippen LogP contribution < -0.4 is 10.9 Å². The molecule has 0 aliphatic heterocycles. The number of anilines is 1. The lowest BCUT2D eigenvalue weighted by Crippen LogP contribution is -2.43. The van der Waals surface area contributed by atoms with Crippen LogP contribution in [0.3, 0.4) is 0 Å². The van der Waals surface area contributed by atoms with Crippen LogP contribution in [0.5, 0.6) is 0 Å². The van der Waals surface area contributed by atoms with Crippen molar-refractivity contribution in [2.75, 3.05) is 5.32 Å². The second-order valence-electron chi connectivity index (χ2n) is 4.72. The van der Waals surface area contributed by atoms with Crippen molar-refractivity contribution in [1.82, 2.24) is 4.98 Å². The second kappa shape index (κ2) is 4.76. The van der Waals surface area contributed by atoms with Gasteiger partial charge in [0.2, 0.25) is 0 Å². The molecule has 0 aliphatic rings. The molecule has 2 aromatic rings. The Balaban J connectivity index is 2.47. The molecule has 2 rings (SSSR count). The van der Waals surface area contributed by atoms with Crippen LogP contribution in [0.4, 0.5) is 5.82 Å². The largest absolute Gasteiger partial charge is 0.480 e. The fourth-order valence-corrected chi connectivity index (χ4v) is 1.87. The predicted octanol–water partition coefficient (Wildman–Crippen LogP) is 2.19. The summed E-state index contributed by atoms with van der Waals surface area (Å²) in [7, 11) is 0. The van der Waals surface area contributed by atoms with E-state index in [2.05, 4.69) is 10.3 Å². The van der Waals surface area contributed by atoms with Gasteiger partial charge in [0.1, 0.15) is 11.4 Å². The molecule has 0 fully saturated rings. The van der Waals surface area contributed by atoms with Gasteiger partial charge in [-0.2, -0.15) is 0 Å². The molecule has 1 aromatic heterocycles. The maximum atomic E-state index is 11.9. The smallest absolute Gasteiger partial charge is 0.329 e. The third-order valence-electron chi connectivity index (χ3n) is 3.34. The molecule has 1 atom stereocenters. The number of H-pyrrole nitrogens is 1. The van der Waals surface area contributed by atoms with E-state index in [0.717, 1.165) is 5.39 Å². The summed E-state index contributed by atoms with van der Waals surface area (Å²) in [5.74, 6) is -0.542. The van der Waals surface area contributed by atoms with E-state index in [9.17, 15) is 14.7 Å². The van der Waals surface area contributed by atoms with E-state index in [1.165, 1.54) is 0 Å². The Hall–Kier alpha value is -2.30. The van der Waals surface area contributed by atoms with E-state index in [4.69, 9.17) is 0 Å². The molecule has 100 valence electrons. The normalized spacial score (nSPS) is 14.0. The Morgan fingerprint density at radius 1 is 1.42 bits per heavy atom. The van der Waals surface area contributed by atoms with Gasteiger partial charge in [0, 0.05) is 5.39 Å². The van der Waals surface area contributed by atoms with E-state index in [1.54, 1.807) is 32.0 Å². The van der Waals surface area contributed by atoms with Gasteiger partial charge in [0.05, 0.1) is 0 Å². The summed E-state index contributed by atoms with van der Waals surface area (Å²) in [6, 6.07) is 8.92. The summed E-state index contributed by atoms with van der Waals surface area (Å²) in [6.07, 6.45) is 0.400. The van der Waals surface area contributed by atoms with Crippen LogP contribution in [0.2, 0.25) is 0 Å². The van der Waals surface area contributed by atoms with Crippen LogP contribution in [0.15, 0.2) is 35.1 Å². The van der Waals surface area contributed by atoms with Gasteiger partial charge in [-0.15, -0.1) is 0 Å². The molecule has 3 N–H and O–H groups in total. The Morgan fingerprint density at radius 3 is 2.74 bits per heavy atom. The molecular formula is C14H16N2O3. The van der Waals surface area contributed by atoms with E-state index in [-0.39, 0.29) is 5.56 Å². The maximum Gasteiger partial charge on any atom is 0.329 e. The molecule has 5 nitrogen and oxygen atoms in total. The Morgan fingerprint density at radius 2 is 2.11 bits per heavy atom. The van der Waals surface area contributed by atoms with Crippen molar-refractivity contribution in [3.05, 3.63) is 40.7 Å². The predicted molar refractivity (Wildman–Crippen MR) is 74.5 cm³/mol. The van der Waals surface area contributed by atoms with Gasteiger partial charge in [0.15, 0.2) is 0 Å². The third-order valence-corrected chi connectivity index (χ3v) is 3.34. The number of nitrogens with one attached hydrogen (secondary N) is 2. The minimum Gasteiger partial charge on any atom is -0.480 e. The van der Waals surface area contributed by atoms with Crippen LogP contribution in [-0.4, -0.2) is 21.6 Å². The first-order valence-electron chi connectivity index (χ1n) is 6.10. The van der Waals surface area contributed by atoms with Crippen LogP contribution in [-0.2, 0) is 4.79 Å². The summed E-state index contributed by atoms with van der Waals surface area (Å²) in [6.45, 7) is 3.36. The zero-order valence-corrected chi connectivity index (χ0v) is 10.9. The molecular weight excluding hydrogens is 244 g/mol. The van der Waals surface area contributed by atoms with Crippen molar-refractivity contribution < 1.29 is 9.90 Å². The lowest BCUT2D eigenvalue weighted by Gasteiger charge is -2.25. The van der Waals surface area contributed by atoms with Crippen molar-refractivity contribution in [2.24, 2.45) is 0 Å². The second-order valence-corrected chi connectivity index (χ2v) is 4.72. The first-order chi connectivity index (χ1) is 8.96. The van der Waals surface area contributed by atoms with E-state index in [1.807, 2.05) is 12.1 Å². The highest BCUT2D eigenvalue weighted by atomic mass is 16.4. The summed E-state index contributed by atoms with van der Waals surface area (Å²) in [4.78, 5) is 25.8. The molecule has 19 heavy (non-hydrogen) atoms. The molecule has 1 aromatic carbocycles. The minimum atomic E-state index is -1.11. The van der Waals surface area contributed by atoms with E-state index >= 15 is 0 Å². The molecule has 0 aliphatic carbocycles. The molecule has 1 heterocycles. The first-order valence-corrected chi connectivity index (χ1v) is 6.10. The highest BCUT2D eigenvalue weighted by Gasteiger charge is 2.31. The van der Waals surface area contributed by atoms with Crippen LogP contribution >= 0.6 is 0 Å². The summed E-state index contributed by atoms with van der Waals surface area (Å²) in [5.41, 5.74) is -1.34. The Bertz CT molecular complexity index is 678. The van der Waals surface area contributed by atoms with Crippen molar-refractivity contribution >= 4 is 22.6 Å². The number of aromatic amines is 1. The number of benzene rings is 1. The zero-order valence-electron chi connectivity index (χ0n) is 10.9. The topological polar surface area (TPSA) is 82.2 Å². The minimum absolute atomic E-state index is 0.232. The highest BCUT2D eigenvalue weighted by molar-refractivity contribution is 5.86. The average Bonchev–Trinajstić information content (AvgIpc) is 2.38. The van der Waals surface area contributed by atoms with Crippen molar-refractivity contribution in [3.8, 4) is 0 Å². The lowest BCUT2D eigenvalue weighted by molar-refractivity contribution is -0.141. The van der Waals surface area contributed by atoms with Crippen LogP contribution in [0.1, 0.15) is 20.3 Å². The summed E-state index contributed by atoms with van der Waals surface area (Å²) >= 11 is 0. The molecule has 0 radical (unpaired) electrons. The fraction of sp³-hybridized carbons (Fsp3) is 0.286. The molecule has 5 heteroatoms. The number of rotatable bonds is 4. The molecule has 0 saturated heterocycles. The standard InChI is InChI=1S/C14H16N2O3/c1-3-14(2,13(18)19)16-11-8-9-6-4-5-7-10(9)12(17)15-11/h4-8H,3H2,1-2H3,(H,18,19)(H2,15,16,17). The first kappa shape index (κ1) is 13.1. The molecule has 0 saturated carbocycles. The van der Waals surface area contributed by atoms with Gasteiger partial charge in [-0.05, 0) is 30.9 Å². The van der Waals surface area contributed by atoms with Gasteiger partial charge in [-0.1, -0.05) is 25.1 Å². The number of hydrogen-bond donors (Lipinski definition) is 3. The average molecular weight is 260 g/mol. The number of hydrogen-bond acceptors (Lipinski definition) is 3. The molecule has 1 unspecified atom stereocenters. The Kier molecular flexibility index (Phi) is 3.29. The number of carboxylic acids is 1. The van der Waals surface area contributed by atoms with E-state index < -0.39 is 11.5 Å². The van der Waals surface area contributed by atoms with Crippen molar-refractivity contribution in [1.29, 1.82) is 0 Å². The molecule has 0 amide bonds. The fourth-order valence-electron chi connectivity index (χ4n) is 1.87. The quantitative estimate of drug-likeness (QED) is 0.787. The number of aliphatic carboxylic acids is 1. The molecule has 0 spiro atoms. The lowest BCUT2D eigenvalue weighted by atomic mass is 9.99. The van der Waals surface area contributed by atoms with Crippen molar-refractivity contribution in [2.45, 2.75) is 25.8 Å². The van der Waals surface area contributed by atoms with Gasteiger partial charge >= 0.3 is 5.97 Å². The SMILES string of the molecule is CCC(C)(Nc1cc2ccccc2c(=O)[nH]1)C(=O)O. The number of fused-ring (bicyclic) bond motifs is 1. The summed E-state index contributed by atoms with van der Waals surface area (Å²) < 4.78 is 0. The molecule has 0 bridgehead atoms. The summed E-state index contributed by atoms with van der Waals surface area (Å²) in [5, 5.41) is 13.5.